The predicted octanol–water partition coefficient (Wildman–Crippen LogP) is 2.38. The summed E-state index contributed by atoms with van der Waals surface area (Å²) in [5.41, 5.74) is 1.76. The summed E-state index contributed by atoms with van der Waals surface area (Å²) in [7, 11) is 1.58. The number of benzene rings is 2. The van der Waals surface area contributed by atoms with Gasteiger partial charge in [-0.25, -0.2) is 0 Å². The minimum atomic E-state index is -1.21. The van der Waals surface area contributed by atoms with E-state index >= 15 is 0 Å². The summed E-state index contributed by atoms with van der Waals surface area (Å²) in [6.45, 7) is 1.89. The third-order valence-electron chi connectivity index (χ3n) is 3.97. The summed E-state index contributed by atoms with van der Waals surface area (Å²) in [6, 6.07) is 12.5. The number of fused-ring (bicyclic) bond motifs is 1. The van der Waals surface area contributed by atoms with Gasteiger partial charge in [0.25, 0.3) is 0 Å². The van der Waals surface area contributed by atoms with Gasteiger partial charge >= 0.3 is 0 Å². The van der Waals surface area contributed by atoms with Crippen LogP contribution in [0.2, 0.25) is 0 Å². The van der Waals surface area contributed by atoms with E-state index in [-0.39, 0.29) is 11.5 Å². The molecule has 3 rings (SSSR count). The van der Waals surface area contributed by atoms with Crippen molar-refractivity contribution in [3.8, 4) is 11.5 Å². The van der Waals surface area contributed by atoms with E-state index in [4.69, 9.17) is 9.47 Å². The molecule has 1 aliphatic rings. The van der Waals surface area contributed by atoms with Crippen LogP contribution in [-0.4, -0.2) is 30.1 Å². The number of aryl methyl sites for hydroxylation is 1. The van der Waals surface area contributed by atoms with Crippen LogP contribution >= 0.6 is 11.8 Å². The fourth-order valence-electron chi connectivity index (χ4n) is 2.61. The molecule has 0 aliphatic carbocycles. The van der Waals surface area contributed by atoms with Gasteiger partial charge in [-0.15, -0.1) is 11.8 Å². The molecule has 7 heteroatoms. The lowest BCUT2D eigenvalue weighted by molar-refractivity contribution is -0.301. The highest BCUT2D eigenvalue weighted by Gasteiger charge is 2.32. The van der Waals surface area contributed by atoms with Gasteiger partial charge in [-0.2, -0.15) is 0 Å². The number of carboxylic acids is 1. The molecular formula is C20H18NO5S-. The molecule has 27 heavy (non-hydrogen) atoms. The van der Waals surface area contributed by atoms with Crippen LogP contribution < -0.4 is 19.9 Å². The number of ether oxygens (including phenoxy) is 2. The molecule has 1 atom stereocenters. The Morgan fingerprint density at radius 1 is 1.30 bits per heavy atom. The maximum atomic E-state index is 13.0. The second-order valence-corrected chi connectivity index (χ2v) is 6.98. The maximum Gasteiger partial charge on any atom is 0.198 e. The summed E-state index contributed by atoms with van der Waals surface area (Å²) in [5.74, 6) is -0.524. The van der Waals surface area contributed by atoms with Crippen LogP contribution in [-0.2, 0) is 4.79 Å². The number of hydrogen-bond donors (Lipinski definition) is 1. The van der Waals surface area contributed by atoms with Gasteiger partial charge in [0.05, 0.1) is 24.2 Å². The average Bonchev–Trinajstić information content (AvgIpc) is 2.66. The number of hydrogen-bond acceptors (Lipinski definition) is 7. The second-order valence-electron chi connectivity index (χ2n) is 5.93. The summed E-state index contributed by atoms with van der Waals surface area (Å²) in [5, 5.41) is 13.9. The van der Waals surface area contributed by atoms with Gasteiger partial charge in [-0.05, 0) is 43.3 Å². The highest BCUT2D eigenvalue weighted by Crippen LogP contribution is 2.35. The summed E-state index contributed by atoms with van der Waals surface area (Å²) in [4.78, 5) is 23.8. The number of carboxylic acid groups (broad SMARTS) is 1. The first-order valence-electron chi connectivity index (χ1n) is 8.22. The Balaban J connectivity index is 1.89. The predicted molar refractivity (Wildman–Crippen MR) is 102 cm³/mol. The van der Waals surface area contributed by atoms with E-state index < -0.39 is 11.4 Å². The van der Waals surface area contributed by atoms with E-state index in [0.29, 0.717) is 16.9 Å². The fourth-order valence-corrected chi connectivity index (χ4v) is 3.43. The molecular weight excluding hydrogens is 366 g/mol. The molecule has 0 radical (unpaired) electrons. The zero-order valence-corrected chi connectivity index (χ0v) is 15.7. The number of thioether (sulfide) groups is 1. The summed E-state index contributed by atoms with van der Waals surface area (Å²) in [6.07, 6.45) is 1.56. The number of carbonyl (C=O) groups excluding carboxylic acids is 2. The van der Waals surface area contributed by atoms with Crippen LogP contribution in [0.1, 0.15) is 15.9 Å². The average molecular weight is 384 g/mol. The minimum absolute atomic E-state index is 0.197. The van der Waals surface area contributed by atoms with Gasteiger partial charge in [0, 0.05) is 17.6 Å². The number of ketones is 1. The van der Waals surface area contributed by atoms with E-state index in [1.54, 1.807) is 37.6 Å². The molecule has 0 aromatic heterocycles. The van der Waals surface area contributed by atoms with Crippen molar-refractivity contribution in [2.24, 2.45) is 0 Å². The van der Waals surface area contributed by atoms with Gasteiger partial charge in [0.15, 0.2) is 11.2 Å². The van der Waals surface area contributed by atoms with Gasteiger partial charge in [-0.1, -0.05) is 11.6 Å². The molecule has 0 unspecified atom stereocenters. The third-order valence-corrected chi connectivity index (χ3v) is 5.02. The fraction of sp³-hybridized carbons (Fsp3) is 0.200. The molecule has 2 aromatic rings. The molecule has 1 N–H and O–H groups in total. The molecule has 6 nitrogen and oxygen atoms in total. The second kappa shape index (κ2) is 8.18. The molecule has 0 bridgehead atoms. The lowest BCUT2D eigenvalue weighted by atomic mass is 9.99. The van der Waals surface area contributed by atoms with Crippen molar-refractivity contribution in [2.45, 2.75) is 12.4 Å². The van der Waals surface area contributed by atoms with E-state index in [1.165, 1.54) is 0 Å². The highest BCUT2D eigenvalue weighted by atomic mass is 32.2. The van der Waals surface area contributed by atoms with Gasteiger partial charge in [-0.3, -0.25) is 4.79 Å². The van der Waals surface area contributed by atoms with E-state index in [2.05, 4.69) is 5.32 Å². The van der Waals surface area contributed by atoms with Crippen LogP contribution in [0.25, 0.3) is 0 Å². The van der Waals surface area contributed by atoms with Gasteiger partial charge in [0.2, 0.25) is 0 Å². The molecule has 0 fully saturated rings. The van der Waals surface area contributed by atoms with Crippen LogP contribution in [0.15, 0.2) is 54.2 Å². The maximum absolute atomic E-state index is 13.0. The molecule has 0 saturated heterocycles. The molecule has 2 aromatic carbocycles. The van der Waals surface area contributed by atoms with E-state index in [9.17, 15) is 14.7 Å². The largest absolute Gasteiger partial charge is 0.549 e. The molecule has 1 aliphatic heterocycles. The van der Waals surface area contributed by atoms with E-state index in [0.717, 1.165) is 28.8 Å². The van der Waals surface area contributed by atoms with Crippen molar-refractivity contribution in [1.82, 2.24) is 0 Å². The van der Waals surface area contributed by atoms with Gasteiger partial charge < -0.3 is 24.7 Å². The minimum Gasteiger partial charge on any atom is -0.549 e. The zero-order valence-electron chi connectivity index (χ0n) is 14.9. The third kappa shape index (κ3) is 4.43. The molecule has 0 amide bonds. The number of Topliss-reactive ketones (excluding diaryl/α,β-unsaturated/α-hetero) is 1. The number of carbonyl (C=O) groups is 2. The van der Waals surface area contributed by atoms with Crippen molar-refractivity contribution in [2.75, 3.05) is 18.2 Å². The van der Waals surface area contributed by atoms with Crippen molar-refractivity contribution >= 4 is 29.2 Å². The van der Waals surface area contributed by atoms with Crippen LogP contribution in [0.5, 0.6) is 11.5 Å². The first-order valence-corrected chi connectivity index (χ1v) is 9.27. The van der Waals surface area contributed by atoms with Crippen molar-refractivity contribution in [3.05, 3.63) is 65.4 Å². The first kappa shape index (κ1) is 18.8. The number of anilines is 1. The normalized spacial score (nSPS) is 17.2. The quantitative estimate of drug-likeness (QED) is 0.765. The highest BCUT2D eigenvalue weighted by molar-refractivity contribution is 8.00. The molecule has 0 saturated carbocycles. The SMILES string of the molecule is COc1ccc(N/C=C2\C(=O)c3cc(C)ccc3O[C@H]2SCC(=O)[O-])cc1. The van der Waals surface area contributed by atoms with Crippen molar-refractivity contribution < 1.29 is 24.2 Å². The Morgan fingerprint density at radius 3 is 2.70 bits per heavy atom. The Labute approximate surface area is 161 Å². The van der Waals surface area contributed by atoms with Gasteiger partial charge in [0.1, 0.15) is 11.5 Å². The van der Waals surface area contributed by atoms with Crippen LogP contribution in [0, 0.1) is 6.92 Å². The molecule has 0 spiro atoms. The Morgan fingerprint density at radius 2 is 2.04 bits per heavy atom. The topological polar surface area (TPSA) is 87.7 Å². The summed E-state index contributed by atoms with van der Waals surface area (Å²) >= 11 is 0.993. The molecule has 1 heterocycles. The van der Waals surface area contributed by atoms with Crippen molar-refractivity contribution in [3.63, 3.8) is 0 Å². The van der Waals surface area contributed by atoms with E-state index in [1.807, 2.05) is 25.1 Å². The lowest BCUT2D eigenvalue weighted by Crippen LogP contribution is -2.32. The van der Waals surface area contributed by atoms with Crippen LogP contribution in [0.3, 0.4) is 0 Å². The standard InChI is InChI=1S/C20H19NO5S/c1-12-3-8-17-15(9-12)19(24)16(20(26-17)27-11-18(22)23)10-21-13-4-6-14(25-2)7-5-13/h3-10,20-21H,11H2,1-2H3,(H,22,23)/p-1/b16-10+/t20-/m0/s1. The van der Waals surface area contributed by atoms with Crippen molar-refractivity contribution in [1.29, 1.82) is 0 Å². The Hall–Kier alpha value is -2.93. The number of aliphatic carboxylic acids is 1. The Kier molecular flexibility index (Phi) is 5.71. The Bertz CT molecular complexity index is 892. The summed E-state index contributed by atoms with van der Waals surface area (Å²) < 4.78 is 11.0. The first-order chi connectivity index (χ1) is 13.0. The number of methoxy groups -OCH3 is 1. The number of rotatable bonds is 6. The van der Waals surface area contributed by atoms with Crippen LogP contribution in [0.4, 0.5) is 5.69 Å². The lowest BCUT2D eigenvalue weighted by Gasteiger charge is -2.27. The zero-order chi connectivity index (χ0) is 19.4. The smallest absolute Gasteiger partial charge is 0.198 e. The number of nitrogens with one attached hydrogen (secondary N) is 1. The molecule has 140 valence electrons. The monoisotopic (exact) mass is 384 g/mol.